The Morgan fingerprint density at radius 3 is 2.37 bits per heavy atom. The van der Waals surface area contributed by atoms with E-state index in [0.29, 0.717) is 27.1 Å². The van der Waals surface area contributed by atoms with E-state index in [1.54, 1.807) is 30.5 Å². The topological polar surface area (TPSA) is 80.3 Å². The molecule has 0 atom stereocenters. The first-order valence-electron chi connectivity index (χ1n) is 7.97. The number of hydrogen-bond acceptors (Lipinski definition) is 4. The van der Waals surface area contributed by atoms with Gasteiger partial charge in [-0.25, -0.2) is 0 Å². The van der Waals surface area contributed by atoms with Crippen molar-refractivity contribution in [3.63, 3.8) is 0 Å². The molecule has 2 aromatic carbocycles. The molecule has 0 aliphatic rings. The molecule has 0 spiro atoms. The largest absolute Gasteiger partial charge is 0.480 e. The van der Waals surface area contributed by atoms with Gasteiger partial charge in [-0.05, 0) is 52.3 Å². The number of carbonyl (C=O) groups is 2. The number of carbonyl (C=O) groups excluding carboxylic acids is 2. The van der Waals surface area contributed by atoms with Gasteiger partial charge in [0.05, 0.1) is 4.47 Å². The number of anilines is 2. The van der Waals surface area contributed by atoms with Crippen molar-refractivity contribution in [3.05, 3.63) is 57.6 Å². The summed E-state index contributed by atoms with van der Waals surface area (Å²) in [6.07, 6.45) is 1.67. The Balaban J connectivity index is 1.68. The molecule has 0 aliphatic carbocycles. The number of nitrogens with one attached hydrogen (secondary N) is 2. The SMILES string of the molecule is CC(=O)Nc1ccc(NC(=O)COc2c(Br)cc(Br)c3cccnc23)cc1. The Morgan fingerprint density at radius 2 is 1.70 bits per heavy atom. The molecule has 0 aliphatic heterocycles. The smallest absolute Gasteiger partial charge is 0.262 e. The first-order valence-corrected chi connectivity index (χ1v) is 9.55. The fraction of sp³-hybridized carbons (Fsp3) is 0.105. The minimum Gasteiger partial charge on any atom is -0.480 e. The fourth-order valence-electron chi connectivity index (χ4n) is 2.46. The quantitative estimate of drug-likeness (QED) is 0.539. The van der Waals surface area contributed by atoms with Gasteiger partial charge in [-0.1, -0.05) is 22.0 Å². The van der Waals surface area contributed by atoms with Crippen LogP contribution in [0.4, 0.5) is 11.4 Å². The van der Waals surface area contributed by atoms with Gasteiger partial charge in [0.1, 0.15) is 5.52 Å². The monoisotopic (exact) mass is 491 g/mol. The minimum absolute atomic E-state index is 0.152. The summed E-state index contributed by atoms with van der Waals surface area (Å²) in [7, 11) is 0. The van der Waals surface area contributed by atoms with Gasteiger partial charge < -0.3 is 15.4 Å². The van der Waals surface area contributed by atoms with E-state index in [-0.39, 0.29) is 18.4 Å². The Bertz CT molecular complexity index is 1010. The van der Waals surface area contributed by atoms with E-state index in [2.05, 4.69) is 47.5 Å². The molecule has 3 aromatic rings. The van der Waals surface area contributed by atoms with Crippen molar-refractivity contribution in [1.29, 1.82) is 0 Å². The molecule has 0 bridgehead atoms. The lowest BCUT2D eigenvalue weighted by Crippen LogP contribution is -2.20. The second-order valence-electron chi connectivity index (χ2n) is 5.66. The van der Waals surface area contributed by atoms with E-state index in [1.165, 1.54) is 6.92 Å². The van der Waals surface area contributed by atoms with Crippen molar-refractivity contribution >= 4 is 66.0 Å². The van der Waals surface area contributed by atoms with Crippen molar-refractivity contribution < 1.29 is 14.3 Å². The van der Waals surface area contributed by atoms with Crippen LogP contribution in [-0.4, -0.2) is 23.4 Å². The maximum atomic E-state index is 12.2. The zero-order valence-electron chi connectivity index (χ0n) is 14.3. The van der Waals surface area contributed by atoms with Gasteiger partial charge in [0.2, 0.25) is 5.91 Å². The molecule has 0 fully saturated rings. The van der Waals surface area contributed by atoms with Gasteiger partial charge in [-0.2, -0.15) is 0 Å². The van der Waals surface area contributed by atoms with Crippen molar-refractivity contribution in [3.8, 4) is 5.75 Å². The Labute approximate surface area is 172 Å². The van der Waals surface area contributed by atoms with E-state index in [9.17, 15) is 9.59 Å². The van der Waals surface area contributed by atoms with Gasteiger partial charge >= 0.3 is 0 Å². The Kier molecular flexibility index (Phi) is 6.08. The van der Waals surface area contributed by atoms with Crippen LogP contribution in [-0.2, 0) is 9.59 Å². The molecule has 1 aromatic heterocycles. The van der Waals surface area contributed by atoms with Gasteiger partial charge in [-0.15, -0.1) is 0 Å². The lowest BCUT2D eigenvalue weighted by atomic mass is 10.2. The van der Waals surface area contributed by atoms with Crippen LogP contribution < -0.4 is 15.4 Å². The zero-order valence-corrected chi connectivity index (χ0v) is 17.4. The van der Waals surface area contributed by atoms with Gasteiger partial charge in [-0.3, -0.25) is 14.6 Å². The molecule has 1 heterocycles. The molecule has 8 heteroatoms. The summed E-state index contributed by atoms with van der Waals surface area (Å²) < 4.78 is 7.30. The lowest BCUT2D eigenvalue weighted by Gasteiger charge is -2.12. The number of aromatic nitrogens is 1. The van der Waals surface area contributed by atoms with Gasteiger partial charge in [0, 0.05) is 34.4 Å². The molecule has 6 nitrogen and oxygen atoms in total. The van der Waals surface area contributed by atoms with E-state index in [1.807, 2.05) is 18.2 Å². The van der Waals surface area contributed by atoms with Crippen LogP contribution in [0.1, 0.15) is 6.92 Å². The lowest BCUT2D eigenvalue weighted by molar-refractivity contribution is -0.118. The number of rotatable bonds is 5. The summed E-state index contributed by atoms with van der Waals surface area (Å²) >= 11 is 6.95. The highest BCUT2D eigenvalue weighted by molar-refractivity contribution is 9.11. The third kappa shape index (κ3) is 4.84. The average molecular weight is 493 g/mol. The molecule has 0 saturated carbocycles. The summed E-state index contributed by atoms with van der Waals surface area (Å²) in [5.74, 6) is 0.0484. The first kappa shape index (κ1) is 19.3. The van der Waals surface area contributed by atoms with Gasteiger partial charge in [0.25, 0.3) is 5.91 Å². The van der Waals surface area contributed by atoms with Crippen LogP contribution in [0.25, 0.3) is 10.9 Å². The second-order valence-corrected chi connectivity index (χ2v) is 7.37. The highest BCUT2D eigenvalue weighted by atomic mass is 79.9. The Hall–Kier alpha value is -2.45. The average Bonchev–Trinajstić information content (AvgIpc) is 2.63. The first-order chi connectivity index (χ1) is 12.9. The van der Waals surface area contributed by atoms with Crippen molar-refractivity contribution in [2.24, 2.45) is 0 Å². The number of amides is 2. The minimum atomic E-state index is -0.304. The summed E-state index contributed by atoms with van der Waals surface area (Å²) in [5, 5.41) is 6.31. The molecule has 2 N–H and O–H groups in total. The van der Waals surface area contributed by atoms with Crippen molar-refractivity contribution in [2.75, 3.05) is 17.2 Å². The summed E-state index contributed by atoms with van der Waals surface area (Å²) in [4.78, 5) is 27.6. The second kappa shape index (κ2) is 8.49. The highest BCUT2D eigenvalue weighted by Crippen LogP contribution is 2.37. The van der Waals surface area contributed by atoms with Crippen LogP contribution in [0.15, 0.2) is 57.6 Å². The predicted molar refractivity (Wildman–Crippen MR) is 112 cm³/mol. The highest BCUT2D eigenvalue weighted by Gasteiger charge is 2.13. The summed E-state index contributed by atoms with van der Waals surface area (Å²) in [6.45, 7) is 1.27. The van der Waals surface area contributed by atoms with Crippen molar-refractivity contribution in [2.45, 2.75) is 6.92 Å². The maximum Gasteiger partial charge on any atom is 0.262 e. The van der Waals surface area contributed by atoms with E-state index in [4.69, 9.17) is 4.74 Å². The molecule has 0 saturated heterocycles. The number of ether oxygens (including phenoxy) is 1. The summed E-state index contributed by atoms with van der Waals surface area (Å²) in [6, 6.07) is 12.4. The van der Waals surface area contributed by atoms with Gasteiger partial charge in [0.15, 0.2) is 12.4 Å². The molecule has 3 rings (SSSR count). The number of pyridine rings is 1. The van der Waals surface area contributed by atoms with E-state index >= 15 is 0 Å². The number of hydrogen-bond donors (Lipinski definition) is 2. The summed E-state index contributed by atoms with van der Waals surface area (Å²) in [5.41, 5.74) is 1.93. The van der Waals surface area contributed by atoms with Crippen LogP contribution >= 0.6 is 31.9 Å². The standard InChI is InChI=1S/C19H15Br2N3O3/c1-11(25)23-12-4-6-13(7-5-12)24-17(26)10-27-19-16(21)9-15(20)14-3-2-8-22-18(14)19/h2-9H,10H2,1H3,(H,23,25)(H,24,26). The molecule has 0 unspecified atom stereocenters. The predicted octanol–water partition coefficient (Wildman–Crippen LogP) is 4.74. The number of fused-ring (bicyclic) bond motifs is 1. The van der Waals surface area contributed by atoms with Crippen LogP contribution in [0.5, 0.6) is 5.75 Å². The molecule has 27 heavy (non-hydrogen) atoms. The Morgan fingerprint density at radius 1 is 1.04 bits per heavy atom. The maximum absolute atomic E-state index is 12.2. The normalized spacial score (nSPS) is 10.5. The third-order valence-electron chi connectivity index (χ3n) is 3.59. The van der Waals surface area contributed by atoms with Crippen LogP contribution in [0, 0.1) is 0 Å². The number of benzene rings is 2. The number of halogens is 2. The molecule has 138 valence electrons. The van der Waals surface area contributed by atoms with Crippen LogP contribution in [0.3, 0.4) is 0 Å². The van der Waals surface area contributed by atoms with Crippen LogP contribution in [0.2, 0.25) is 0 Å². The van der Waals surface area contributed by atoms with Crippen molar-refractivity contribution in [1.82, 2.24) is 4.98 Å². The third-order valence-corrected chi connectivity index (χ3v) is 4.83. The molecular weight excluding hydrogens is 478 g/mol. The number of nitrogens with zero attached hydrogens (tertiary/aromatic N) is 1. The fourth-order valence-corrected chi connectivity index (χ4v) is 3.85. The van der Waals surface area contributed by atoms with E-state index in [0.717, 1.165) is 9.86 Å². The molecular formula is C19H15Br2N3O3. The molecule has 2 amide bonds. The van der Waals surface area contributed by atoms with E-state index < -0.39 is 0 Å². The zero-order chi connectivity index (χ0) is 19.4. The molecule has 0 radical (unpaired) electrons.